The van der Waals surface area contributed by atoms with Gasteiger partial charge >= 0.3 is 10.1 Å². The van der Waals surface area contributed by atoms with Crippen LogP contribution in [0.2, 0.25) is 0 Å². The van der Waals surface area contributed by atoms with E-state index < -0.39 is 16.0 Å². The number of rotatable bonds is 6. The zero-order chi connectivity index (χ0) is 20.9. The molecular weight excluding hydrogens is 524 g/mol. The number of halogens is 2. The van der Waals surface area contributed by atoms with Crippen LogP contribution >= 0.6 is 31.9 Å². The molecule has 6 nitrogen and oxygen atoms in total. The SMILES string of the molecule is O=C(N/N=C\c1cc(Br)ccc1OS(=O)(=O)c1ccccc1)c1cccc(Br)c1. The molecule has 1 N–H and O–H groups in total. The third-order valence-electron chi connectivity index (χ3n) is 3.66. The zero-order valence-electron chi connectivity index (χ0n) is 14.7. The molecule has 0 heterocycles. The number of amides is 1. The van der Waals surface area contributed by atoms with Crippen molar-refractivity contribution in [3.63, 3.8) is 0 Å². The van der Waals surface area contributed by atoms with Crippen LogP contribution in [0.5, 0.6) is 5.75 Å². The third kappa shape index (κ3) is 5.75. The summed E-state index contributed by atoms with van der Waals surface area (Å²) in [4.78, 5) is 12.2. The Labute approximate surface area is 185 Å². The Morgan fingerprint density at radius 3 is 2.38 bits per heavy atom. The van der Waals surface area contributed by atoms with Gasteiger partial charge in [-0.15, -0.1) is 0 Å². The second-order valence-corrected chi connectivity index (χ2v) is 9.12. The van der Waals surface area contributed by atoms with Crippen molar-refractivity contribution in [1.29, 1.82) is 0 Å². The molecule has 148 valence electrons. The van der Waals surface area contributed by atoms with Gasteiger partial charge in [0, 0.05) is 20.1 Å². The highest BCUT2D eigenvalue weighted by Gasteiger charge is 2.18. The maximum Gasteiger partial charge on any atom is 0.339 e. The Morgan fingerprint density at radius 1 is 0.931 bits per heavy atom. The maximum atomic E-state index is 12.5. The molecule has 0 fully saturated rings. The van der Waals surface area contributed by atoms with Gasteiger partial charge in [0.25, 0.3) is 5.91 Å². The van der Waals surface area contributed by atoms with E-state index in [0.717, 1.165) is 4.47 Å². The molecule has 3 aromatic rings. The molecule has 29 heavy (non-hydrogen) atoms. The van der Waals surface area contributed by atoms with Crippen molar-refractivity contribution < 1.29 is 17.4 Å². The average Bonchev–Trinajstić information content (AvgIpc) is 2.70. The topological polar surface area (TPSA) is 84.8 Å². The molecular formula is C20H14Br2N2O4S. The number of nitrogens with zero attached hydrogens (tertiary/aromatic N) is 1. The molecule has 0 atom stereocenters. The standard InChI is InChI=1S/C20H14Br2N2O4S/c21-16-6-4-5-14(11-16)20(25)24-23-13-15-12-17(22)9-10-19(15)28-29(26,27)18-7-2-1-3-8-18/h1-13H,(H,24,25)/b23-13-. The van der Waals surface area contributed by atoms with Crippen molar-refractivity contribution in [2.45, 2.75) is 4.90 Å². The fraction of sp³-hybridized carbons (Fsp3) is 0. The molecule has 3 aromatic carbocycles. The molecule has 0 unspecified atom stereocenters. The lowest BCUT2D eigenvalue weighted by atomic mass is 10.2. The second kappa shape index (κ2) is 9.34. The molecule has 3 rings (SSSR count). The fourth-order valence-electron chi connectivity index (χ4n) is 2.30. The minimum Gasteiger partial charge on any atom is -0.378 e. The van der Waals surface area contributed by atoms with E-state index in [0.29, 0.717) is 15.6 Å². The normalized spacial score (nSPS) is 11.4. The Balaban J connectivity index is 1.80. The minimum absolute atomic E-state index is 0.0359. The second-order valence-electron chi connectivity index (χ2n) is 5.74. The van der Waals surface area contributed by atoms with Crippen LogP contribution in [-0.4, -0.2) is 20.5 Å². The van der Waals surface area contributed by atoms with Gasteiger partial charge in [-0.05, 0) is 48.5 Å². The van der Waals surface area contributed by atoms with E-state index in [1.807, 2.05) is 0 Å². The van der Waals surface area contributed by atoms with Gasteiger partial charge < -0.3 is 4.18 Å². The first-order valence-electron chi connectivity index (χ1n) is 8.23. The van der Waals surface area contributed by atoms with Crippen LogP contribution in [0.15, 0.2) is 91.7 Å². The van der Waals surface area contributed by atoms with E-state index in [1.54, 1.807) is 54.6 Å². The van der Waals surface area contributed by atoms with Crippen molar-refractivity contribution in [2.24, 2.45) is 5.10 Å². The number of carbonyl (C=O) groups excluding carboxylic acids is 1. The molecule has 0 aliphatic heterocycles. The maximum absolute atomic E-state index is 12.5. The van der Waals surface area contributed by atoms with E-state index >= 15 is 0 Å². The first kappa shape index (κ1) is 21.2. The van der Waals surface area contributed by atoms with Crippen LogP contribution in [0, 0.1) is 0 Å². The molecule has 0 saturated heterocycles. The lowest BCUT2D eigenvalue weighted by Gasteiger charge is -2.10. The van der Waals surface area contributed by atoms with Gasteiger partial charge in [-0.25, -0.2) is 5.43 Å². The van der Waals surface area contributed by atoms with Gasteiger partial charge in [0.1, 0.15) is 4.90 Å². The summed E-state index contributed by atoms with van der Waals surface area (Å²) in [7, 11) is -4.01. The van der Waals surface area contributed by atoms with E-state index in [-0.39, 0.29) is 10.6 Å². The van der Waals surface area contributed by atoms with Gasteiger partial charge in [-0.1, -0.05) is 56.1 Å². The van der Waals surface area contributed by atoms with Crippen LogP contribution in [0.1, 0.15) is 15.9 Å². The number of carbonyl (C=O) groups is 1. The van der Waals surface area contributed by atoms with Gasteiger partial charge in [0.05, 0.1) is 6.21 Å². The molecule has 0 bridgehead atoms. The highest BCUT2D eigenvalue weighted by atomic mass is 79.9. The summed E-state index contributed by atoms with van der Waals surface area (Å²) in [5.41, 5.74) is 3.20. The Morgan fingerprint density at radius 2 is 1.66 bits per heavy atom. The van der Waals surface area contributed by atoms with E-state index in [1.165, 1.54) is 24.4 Å². The van der Waals surface area contributed by atoms with Crippen LogP contribution in [0.3, 0.4) is 0 Å². The van der Waals surface area contributed by atoms with Gasteiger partial charge in [0.15, 0.2) is 5.75 Å². The third-order valence-corrected chi connectivity index (χ3v) is 5.89. The van der Waals surface area contributed by atoms with Gasteiger partial charge in [0.2, 0.25) is 0 Å². The van der Waals surface area contributed by atoms with Crippen molar-refractivity contribution in [3.8, 4) is 5.75 Å². The first-order chi connectivity index (χ1) is 13.8. The van der Waals surface area contributed by atoms with Crippen LogP contribution in [0.4, 0.5) is 0 Å². The Kier molecular flexibility index (Phi) is 6.83. The molecule has 0 saturated carbocycles. The molecule has 1 amide bonds. The highest BCUT2D eigenvalue weighted by molar-refractivity contribution is 9.10. The Bertz CT molecular complexity index is 1170. The van der Waals surface area contributed by atoms with Gasteiger partial charge in [-0.2, -0.15) is 13.5 Å². The van der Waals surface area contributed by atoms with E-state index in [2.05, 4.69) is 42.4 Å². The molecule has 9 heteroatoms. The van der Waals surface area contributed by atoms with Crippen molar-refractivity contribution >= 4 is 54.1 Å². The molecule has 0 aromatic heterocycles. The van der Waals surface area contributed by atoms with Gasteiger partial charge in [-0.3, -0.25) is 4.79 Å². The predicted octanol–water partition coefficient (Wildman–Crippen LogP) is 4.74. The largest absolute Gasteiger partial charge is 0.378 e. The number of benzene rings is 3. The average molecular weight is 538 g/mol. The quantitative estimate of drug-likeness (QED) is 0.279. The number of hydrogen-bond donors (Lipinski definition) is 1. The summed E-state index contributed by atoms with van der Waals surface area (Å²) in [5.74, 6) is -0.325. The lowest BCUT2D eigenvalue weighted by Crippen LogP contribution is -2.17. The summed E-state index contributed by atoms with van der Waals surface area (Å²) in [6.45, 7) is 0. The summed E-state index contributed by atoms with van der Waals surface area (Å²) in [6.07, 6.45) is 1.32. The van der Waals surface area contributed by atoms with Crippen LogP contribution < -0.4 is 9.61 Å². The zero-order valence-corrected chi connectivity index (χ0v) is 18.7. The van der Waals surface area contributed by atoms with Crippen molar-refractivity contribution in [1.82, 2.24) is 5.43 Å². The lowest BCUT2D eigenvalue weighted by molar-refractivity contribution is 0.0955. The van der Waals surface area contributed by atoms with Crippen LogP contribution in [-0.2, 0) is 10.1 Å². The monoisotopic (exact) mass is 536 g/mol. The predicted molar refractivity (Wildman–Crippen MR) is 118 cm³/mol. The number of hydrogen-bond acceptors (Lipinski definition) is 5. The molecule has 0 spiro atoms. The smallest absolute Gasteiger partial charge is 0.339 e. The highest BCUT2D eigenvalue weighted by Crippen LogP contribution is 2.25. The van der Waals surface area contributed by atoms with E-state index in [9.17, 15) is 13.2 Å². The van der Waals surface area contributed by atoms with Crippen molar-refractivity contribution in [3.05, 3.63) is 92.9 Å². The molecule has 0 aliphatic carbocycles. The number of nitrogens with one attached hydrogen (secondary N) is 1. The van der Waals surface area contributed by atoms with Crippen LogP contribution in [0.25, 0.3) is 0 Å². The van der Waals surface area contributed by atoms with Crippen molar-refractivity contribution in [2.75, 3.05) is 0 Å². The Hall–Kier alpha value is -2.49. The van der Waals surface area contributed by atoms with E-state index in [4.69, 9.17) is 4.18 Å². The minimum atomic E-state index is -4.01. The first-order valence-corrected chi connectivity index (χ1v) is 11.2. The fourth-order valence-corrected chi connectivity index (χ4v) is 4.06. The summed E-state index contributed by atoms with van der Waals surface area (Å²) in [5, 5.41) is 3.92. The summed E-state index contributed by atoms with van der Waals surface area (Å²) in [6, 6.07) is 19.4. The number of hydrazone groups is 1. The summed E-state index contributed by atoms with van der Waals surface area (Å²) >= 11 is 6.63. The molecule has 0 aliphatic rings. The summed E-state index contributed by atoms with van der Waals surface area (Å²) < 4.78 is 31.7. The molecule has 0 radical (unpaired) electrons.